The normalized spacial score (nSPS) is 24.8. The Morgan fingerprint density at radius 3 is 2.76 bits per heavy atom. The zero-order valence-electron chi connectivity index (χ0n) is 16.9. The van der Waals surface area contributed by atoms with E-state index in [4.69, 9.17) is 4.74 Å². The zero-order chi connectivity index (χ0) is 20.4. The third kappa shape index (κ3) is 4.47. The van der Waals surface area contributed by atoms with E-state index in [-0.39, 0.29) is 24.5 Å². The smallest absolute Gasteiger partial charge is 0.251 e. The van der Waals surface area contributed by atoms with Gasteiger partial charge in [0.25, 0.3) is 5.91 Å². The standard InChI is InChI=1S/C21H28N4O3S/c1-14-4-5-15-16(12-22)20(29-18(15)11-14)23-19(26)13-24-6-8-25(9-7-24)21(27)17-3-2-10-28-17/h14,17H,2-11,13H2,1H3,(H,23,26)/t14-,17+/m1/s1. The molecule has 0 radical (unpaired) electrons. The van der Waals surface area contributed by atoms with Crippen LogP contribution in [0.3, 0.4) is 0 Å². The molecule has 1 aliphatic carbocycles. The van der Waals surface area contributed by atoms with Crippen LogP contribution in [0.15, 0.2) is 0 Å². The quantitative estimate of drug-likeness (QED) is 0.812. The molecule has 7 nitrogen and oxygen atoms in total. The lowest BCUT2D eigenvalue weighted by molar-refractivity contribution is -0.142. The van der Waals surface area contributed by atoms with Crippen molar-refractivity contribution >= 4 is 28.2 Å². The van der Waals surface area contributed by atoms with Crippen molar-refractivity contribution in [3.63, 3.8) is 0 Å². The molecule has 8 heteroatoms. The van der Waals surface area contributed by atoms with Crippen molar-refractivity contribution in [2.24, 2.45) is 5.92 Å². The zero-order valence-corrected chi connectivity index (χ0v) is 17.7. The Hall–Kier alpha value is -1.95. The number of carbonyl (C=O) groups excluding carboxylic acids is 2. The van der Waals surface area contributed by atoms with Gasteiger partial charge in [0.05, 0.1) is 12.1 Å². The van der Waals surface area contributed by atoms with Crippen LogP contribution in [0.5, 0.6) is 0 Å². The highest BCUT2D eigenvalue weighted by Crippen LogP contribution is 2.39. The summed E-state index contributed by atoms with van der Waals surface area (Å²) in [4.78, 5) is 30.2. The van der Waals surface area contributed by atoms with Gasteiger partial charge in [0.15, 0.2) is 0 Å². The van der Waals surface area contributed by atoms with Gasteiger partial charge >= 0.3 is 0 Å². The number of thiophene rings is 1. The van der Waals surface area contributed by atoms with Gasteiger partial charge in [-0.1, -0.05) is 6.92 Å². The summed E-state index contributed by atoms with van der Waals surface area (Å²) in [6.07, 6.45) is 4.50. The van der Waals surface area contributed by atoms with Crippen LogP contribution in [-0.2, 0) is 27.2 Å². The number of hydrogen-bond donors (Lipinski definition) is 1. The molecule has 2 saturated heterocycles. The molecule has 1 aromatic heterocycles. The number of hydrogen-bond acceptors (Lipinski definition) is 6. The topological polar surface area (TPSA) is 85.7 Å². The van der Waals surface area contributed by atoms with Crippen LogP contribution in [-0.4, -0.2) is 67.0 Å². The largest absolute Gasteiger partial charge is 0.368 e. The number of fused-ring (bicyclic) bond motifs is 1. The molecular weight excluding hydrogens is 388 g/mol. The minimum Gasteiger partial charge on any atom is -0.368 e. The summed E-state index contributed by atoms with van der Waals surface area (Å²) in [6.45, 7) is 5.79. The van der Waals surface area contributed by atoms with Crippen molar-refractivity contribution in [1.29, 1.82) is 5.26 Å². The Morgan fingerprint density at radius 2 is 2.07 bits per heavy atom. The summed E-state index contributed by atoms with van der Waals surface area (Å²) < 4.78 is 5.49. The number of rotatable bonds is 4. The Bertz CT molecular complexity index is 817. The molecule has 3 aliphatic rings. The molecule has 2 fully saturated rings. The number of anilines is 1. The van der Waals surface area contributed by atoms with Crippen molar-refractivity contribution in [3.8, 4) is 6.07 Å². The lowest BCUT2D eigenvalue weighted by Gasteiger charge is -2.35. The molecule has 0 bridgehead atoms. The second-order valence-electron chi connectivity index (χ2n) is 8.32. The fourth-order valence-corrected chi connectivity index (χ4v) is 5.81. The molecule has 0 spiro atoms. The van der Waals surface area contributed by atoms with Crippen LogP contribution in [0, 0.1) is 17.2 Å². The number of amides is 2. The Balaban J connectivity index is 1.30. The molecule has 29 heavy (non-hydrogen) atoms. The van der Waals surface area contributed by atoms with Gasteiger partial charge in [0.1, 0.15) is 17.2 Å². The molecule has 0 unspecified atom stereocenters. The first-order valence-corrected chi connectivity index (χ1v) is 11.3. The highest BCUT2D eigenvalue weighted by Gasteiger charge is 2.31. The first-order chi connectivity index (χ1) is 14.0. The molecule has 3 heterocycles. The maximum atomic E-state index is 12.6. The SMILES string of the molecule is C[C@@H]1CCc2c(sc(NC(=O)CN3CCN(C(=O)[C@@H]4CCCO4)CC3)c2C#N)C1. The number of carbonyl (C=O) groups is 2. The van der Waals surface area contributed by atoms with E-state index in [9.17, 15) is 14.9 Å². The van der Waals surface area contributed by atoms with Gasteiger partial charge in [-0.15, -0.1) is 11.3 Å². The van der Waals surface area contributed by atoms with E-state index < -0.39 is 0 Å². The molecule has 1 N–H and O–H groups in total. The molecule has 4 rings (SSSR count). The Morgan fingerprint density at radius 1 is 1.28 bits per heavy atom. The molecule has 0 aromatic carbocycles. The van der Waals surface area contributed by atoms with Gasteiger partial charge in [-0.3, -0.25) is 14.5 Å². The fourth-order valence-electron chi connectivity index (χ4n) is 4.43. The highest BCUT2D eigenvalue weighted by atomic mass is 32.1. The average molecular weight is 417 g/mol. The first kappa shape index (κ1) is 20.3. The number of nitriles is 1. The van der Waals surface area contributed by atoms with E-state index in [1.54, 1.807) is 11.3 Å². The molecule has 2 amide bonds. The molecule has 0 saturated carbocycles. The van der Waals surface area contributed by atoms with E-state index in [0.29, 0.717) is 49.3 Å². The van der Waals surface area contributed by atoms with Gasteiger partial charge in [-0.25, -0.2) is 0 Å². The van der Waals surface area contributed by atoms with Gasteiger partial charge in [0.2, 0.25) is 5.91 Å². The summed E-state index contributed by atoms with van der Waals surface area (Å²) >= 11 is 1.56. The average Bonchev–Trinajstić information content (AvgIpc) is 3.35. The van der Waals surface area contributed by atoms with Crippen LogP contribution in [0.4, 0.5) is 5.00 Å². The van der Waals surface area contributed by atoms with E-state index in [0.717, 1.165) is 37.7 Å². The second-order valence-corrected chi connectivity index (χ2v) is 9.42. The fraction of sp³-hybridized carbons (Fsp3) is 0.667. The number of ether oxygens (including phenoxy) is 1. The number of piperazine rings is 1. The molecule has 156 valence electrons. The van der Waals surface area contributed by atoms with Gasteiger partial charge < -0.3 is 15.0 Å². The van der Waals surface area contributed by atoms with Crippen molar-refractivity contribution in [3.05, 3.63) is 16.0 Å². The van der Waals surface area contributed by atoms with Gasteiger partial charge in [0, 0.05) is 37.7 Å². The summed E-state index contributed by atoms with van der Waals surface area (Å²) in [6, 6.07) is 2.30. The van der Waals surface area contributed by atoms with Crippen LogP contribution in [0.2, 0.25) is 0 Å². The summed E-state index contributed by atoms with van der Waals surface area (Å²) in [7, 11) is 0. The van der Waals surface area contributed by atoms with Crippen LogP contribution in [0.25, 0.3) is 0 Å². The van der Waals surface area contributed by atoms with Crippen molar-refractivity contribution < 1.29 is 14.3 Å². The first-order valence-electron chi connectivity index (χ1n) is 10.5. The highest BCUT2D eigenvalue weighted by molar-refractivity contribution is 7.16. The minimum absolute atomic E-state index is 0.0867. The summed E-state index contributed by atoms with van der Waals surface area (Å²) in [5, 5.41) is 13.3. The molecule has 2 aliphatic heterocycles. The van der Waals surface area contributed by atoms with E-state index >= 15 is 0 Å². The maximum Gasteiger partial charge on any atom is 0.251 e. The number of nitrogens with one attached hydrogen (secondary N) is 1. The van der Waals surface area contributed by atoms with Crippen LogP contribution >= 0.6 is 11.3 Å². The van der Waals surface area contributed by atoms with Crippen LogP contribution in [0.1, 0.15) is 42.2 Å². The number of nitrogens with zero attached hydrogens (tertiary/aromatic N) is 3. The van der Waals surface area contributed by atoms with Crippen molar-refractivity contribution in [2.45, 2.75) is 45.1 Å². The van der Waals surface area contributed by atoms with E-state index in [1.165, 1.54) is 4.88 Å². The third-order valence-electron chi connectivity index (χ3n) is 6.13. The van der Waals surface area contributed by atoms with E-state index in [2.05, 4.69) is 23.2 Å². The third-order valence-corrected chi connectivity index (χ3v) is 7.30. The summed E-state index contributed by atoms with van der Waals surface area (Å²) in [5.41, 5.74) is 1.78. The minimum atomic E-state index is -0.276. The Kier molecular flexibility index (Phi) is 6.18. The lowest BCUT2D eigenvalue weighted by atomic mass is 9.89. The second kappa shape index (κ2) is 8.82. The molecule has 1 aromatic rings. The predicted octanol–water partition coefficient (Wildman–Crippen LogP) is 2.01. The van der Waals surface area contributed by atoms with Crippen molar-refractivity contribution in [2.75, 3.05) is 44.6 Å². The van der Waals surface area contributed by atoms with Gasteiger partial charge in [-0.2, -0.15) is 5.26 Å². The molecule has 2 atom stereocenters. The van der Waals surface area contributed by atoms with Crippen LogP contribution < -0.4 is 5.32 Å². The van der Waals surface area contributed by atoms with Gasteiger partial charge in [-0.05, 0) is 43.6 Å². The lowest BCUT2D eigenvalue weighted by Crippen LogP contribution is -2.52. The summed E-state index contributed by atoms with van der Waals surface area (Å²) in [5.74, 6) is 0.626. The monoisotopic (exact) mass is 416 g/mol. The Labute approximate surface area is 175 Å². The van der Waals surface area contributed by atoms with E-state index in [1.807, 2.05) is 4.90 Å². The maximum absolute atomic E-state index is 12.6. The molecular formula is C21H28N4O3S. The van der Waals surface area contributed by atoms with Crippen molar-refractivity contribution in [1.82, 2.24) is 9.80 Å². The predicted molar refractivity (Wildman–Crippen MR) is 111 cm³/mol.